The molecule has 0 bridgehead atoms. The maximum atomic E-state index is 11.8. The van der Waals surface area contributed by atoms with E-state index in [0.29, 0.717) is 6.54 Å². The second kappa shape index (κ2) is 7.76. The standard InChI is InChI=1S/C16H25N3O2/c1-3-4-9-17-16(20)18-13-7-8-15(21-2)14(12-13)19-10-5-6-11-19/h7-8,12H,3-6,9-11H2,1-2H3,(H2,17,18,20). The van der Waals surface area contributed by atoms with Crippen LogP contribution in [0, 0.1) is 0 Å². The monoisotopic (exact) mass is 291 g/mol. The summed E-state index contributed by atoms with van der Waals surface area (Å²) in [5.41, 5.74) is 1.85. The highest BCUT2D eigenvalue weighted by Gasteiger charge is 2.17. The van der Waals surface area contributed by atoms with E-state index < -0.39 is 0 Å². The number of ether oxygens (including phenoxy) is 1. The minimum absolute atomic E-state index is 0.152. The Kier molecular flexibility index (Phi) is 5.72. The molecule has 0 aliphatic carbocycles. The lowest BCUT2D eigenvalue weighted by atomic mass is 10.2. The number of carbonyl (C=O) groups is 1. The van der Waals surface area contributed by atoms with Crippen LogP contribution < -0.4 is 20.3 Å². The molecule has 0 spiro atoms. The molecule has 1 aromatic rings. The predicted molar refractivity (Wildman–Crippen MR) is 86.4 cm³/mol. The molecule has 5 nitrogen and oxygen atoms in total. The molecule has 2 N–H and O–H groups in total. The highest BCUT2D eigenvalue weighted by atomic mass is 16.5. The second-order valence-electron chi connectivity index (χ2n) is 5.32. The van der Waals surface area contributed by atoms with Crippen molar-refractivity contribution in [3.8, 4) is 5.75 Å². The van der Waals surface area contributed by atoms with E-state index in [-0.39, 0.29) is 6.03 Å². The largest absolute Gasteiger partial charge is 0.495 e. The lowest BCUT2D eigenvalue weighted by molar-refractivity contribution is 0.252. The van der Waals surface area contributed by atoms with E-state index in [2.05, 4.69) is 22.5 Å². The number of nitrogens with one attached hydrogen (secondary N) is 2. The van der Waals surface area contributed by atoms with Crippen molar-refractivity contribution in [2.45, 2.75) is 32.6 Å². The maximum Gasteiger partial charge on any atom is 0.319 e. The average molecular weight is 291 g/mol. The van der Waals surface area contributed by atoms with E-state index in [4.69, 9.17) is 4.74 Å². The molecule has 1 fully saturated rings. The number of urea groups is 1. The van der Waals surface area contributed by atoms with Crippen LogP contribution in [0.25, 0.3) is 0 Å². The van der Waals surface area contributed by atoms with Crippen molar-refractivity contribution in [3.05, 3.63) is 18.2 Å². The van der Waals surface area contributed by atoms with Crippen molar-refractivity contribution in [2.24, 2.45) is 0 Å². The minimum Gasteiger partial charge on any atom is -0.495 e. The van der Waals surface area contributed by atoms with Crippen LogP contribution in [0.5, 0.6) is 5.75 Å². The van der Waals surface area contributed by atoms with Gasteiger partial charge in [0.15, 0.2) is 0 Å². The molecule has 0 saturated carbocycles. The van der Waals surface area contributed by atoms with Gasteiger partial charge in [-0.1, -0.05) is 13.3 Å². The summed E-state index contributed by atoms with van der Waals surface area (Å²) in [5, 5.41) is 5.74. The van der Waals surface area contributed by atoms with Crippen molar-refractivity contribution in [3.63, 3.8) is 0 Å². The summed E-state index contributed by atoms with van der Waals surface area (Å²) in [6, 6.07) is 5.62. The fraction of sp³-hybridized carbons (Fsp3) is 0.562. The molecule has 116 valence electrons. The van der Waals surface area contributed by atoms with Crippen molar-refractivity contribution < 1.29 is 9.53 Å². The fourth-order valence-electron chi connectivity index (χ4n) is 2.53. The molecule has 0 radical (unpaired) electrons. The van der Waals surface area contributed by atoms with Crippen molar-refractivity contribution in [1.82, 2.24) is 5.32 Å². The SMILES string of the molecule is CCCCNC(=O)Nc1ccc(OC)c(N2CCCC2)c1. The van der Waals surface area contributed by atoms with Gasteiger partial charge in [-0.05, 0) is 37.5 Å². The number of rotatable bonds is 6. The van der Waals surface area contributed by atoms with E-state index in [1.165, 1.54) is 12.8 Å². The van der Waals surface area contributed by atoms with E-state index in [0.717, 1.165) is 43.1 Å². The van der Waals surface area contributed by atoms with Crippen LogP contribution in [0.15, 0.2) is 18.2 Å². The predicted octanol–water partition coefficient (Wildman–Crippen LogP) is 3.22. The molecule has 0 unspecified atom stereocenters. The quantitative estimate of drug-likeness (QED) is 0.791. The van der Waals surface area contributed by atoms with Crippen molar-refractivity contribution in [2.75, 3.05) is 37.0 Å². The van der Waals surface area contributed by atoms with Crippen LogP contribution in [0.4, 0.5) is 16.2 Å². The maximum absolute atomic E-state index is 11.8. The first kappa shape index (κ1) is 15.5. The topological polar surface area (TPSA) is 53.6 Å². The van der Waals surface area contributed by atoms with E-state index >= 15 is 0 Å². The van der Waals surface area contributed by atoms with Gasteiger partial charge in [-0.3, -0.25) is 0 Å². The zero-order valence-electron chi connectivity index (χ0n) is 12.9. The molecule has 1 aliphatic rings. The van der Waals surface area contributed by atoms with Crippen LogP contribution in [0.3, 0.4) is 0 Å². The highest BCUT2D eigenvalue weighted by molar-refractivity contribution is 5.90. The van der Waals surface area contributed by atoms with Crippen LogP contribution >= 0.6 is 0 Å². The summed E-state index contributed by atoms with van der Waals surface area (Å²) >= 11 is 0. The lowest BCUT2D eigenvalue weighted by Gasteiger charge is -2.21. The Balaban J connectivity index is 2.03. The normalized spacial score (nSPS) is 14.1. The number of hydrogen-bond acceptors (Lipinski definition) is 3. The third kappa shape index (κ3) is 4.28. The van der Waals surface area contributed by atoms with Gasteiger partial charge in [0.1, 0.15) is 5.75 Å². The molecule has 0 atom stereocenters. The number of hydrogen-bond donors (Lipinski definition) is 2. The molecular formula is C16H25N3O2. The summed E-state index contributed by atoms with van der Waals surface area (Å²) in [7, 11) is 1.68. The lowest BCUT2D eigenvalue weighted by Crippen LogP contribution is -2.29. The molecule has 2 amide bonds. The Bertz CT molecular complexity index is 471. The smallest absolute Gasteiger partial charge is 0.319 e. The van der Waals surface area contributed by atoms with Gasteiger partial charge in [-0.25, -0.2) is 4.79 Å². The first-order valence-corrected chi connectivity index (χ1v) is 7.72. The zero-order chi connectivity index (χ0) is 15.1. The molecule has 1 aromatic carbocycles. The van der Waals surface area contributed by atoms with Gasteiger partial charge in [0.2, 0.25) is 0 Å². The van der Waals surface area contributed by atoms with E-state index in [9.17, 15) is 4.79 Å². The van der Waals surface area contributed by atoms with Gasteiger partial charge in [0.25, 0.3) is 0 Å². The van der Waals surface area contributed by atoms with Crippen molar-refractivity contribution in [1.29, 1.82) is 0 Å². The first-order chi connectivity index (χ1) is 10.2. The molecule has 0 aromatic heterocycles. The number of nitrogens with zero attached hydrogens (tertiary/aromatic N) is 1. The molecule has 5 heteroatoms. The summed E-state index contributed by atoms with van der Waals surface area (Å²) in [6.07, 6.45) is 4.48. The van der Waals surface area contributed by atoms with Crippen LogP contribution in [-0.4, -0.2) is 32.8 Å². The molecule has 2 rings (SSSR count). The van der Waals surface area contributed by atoms with E-state index in [1.54, 1.807) is 7.11 Å². The minimum atomic E-state index is -0.152. The summed E-state index contributed by atoms with van der Waals surface area (Å²) in [6.45, 7) is 4.90. The third-order valence-electron chi connectivity index (χ3n) is 3.70. The van der Waals surface area contributed by atoms with Crippen LogP contribution in [0.2, 0.25) is 0 Å². The number of anilines is 2. The Morgan fingerprint density at radius 1 is 1.33 bits per heavy atom. The third-order valence-corrected chi connectivity index (χ3v) is 3.70. The molecule has 21 heavy (non-hydrogen) atoms. The Labute approximate surface area is 126 Å². The van der Waals surface area contributed by atoms with Gasteiger partial charge < -0.3 is 20.3 Å². The highest BCUT2D eigenvalue weighted by Crippen LogP contribution is 2.33. The molecule has 1 aliphatic heterocycles. The average Bonchev–Trinajstić information content (AvgIpc) is 3.01. The summed E-state index contributed by atoms with van der Waals surface area (Å²) < 4.78 is 5.43. The Hall–Kier alpha value is -1.91. The van der Waals surface area contributed by atoms with Crippen molar-refractivity contribution >= 4 is 17.4 Å². The fourth-order valence-corrected chi connectivity index (χ4v) is 2.53. The summed E-state index contributed by atoms with van der Waals surface area (Å²) in [5.74, 6) is 0.855. The molecular weight excluding hydrogens is 266 g/mol. The summed E-state index contributed by atoms with van der Waals surface area (Å²) in [4.78, 5) is 14.1. The Morgan fingerprint density at radius 3 is 2.76 bits per heavy atom. The van der Waals surface area contributed by atoms with Gasteiger partial charge >= 0.3 is 6.03 Å². The van der Waals surface area contributed by atoms with Gasteiger partial charge in [-0.15, -0.1) is 0 Å². The number of benzene rings is 1. The van der Waals surface area contributed by atoms with Crippen LogP contribution in [0.1, 0.15) is 32.6 Å². The number of unbranched alkanes of at least 4 members (excludes halogenated alkanes) is 1. The Morgan fingerprint density at radius 2 is 2.10 bits per heavy atom. The van der Waals surface area contributed by atoms with Gasteiger partial charge in [0, 0.05) is 25.3 Å². The van der Waals surface area contributed by atoms with Gasteiger partial charge in [0.05, 0.1) is 12.8 Å². The number of carbonyl (C=O) groups excluding carboxylic acids is 1. The second-order valence-corrected chi connectivity index (χ2v) is 5.32. The number of methoxy groups -OCH3 is 1. The van der Waals surface area contributed by atoms with Crippen LogP contribution in [-0.2, 0) is 0 Å². The zero-order valence-corrected chi connectivity index (χ0v) is 12.9. The molecule has 1 saturated heterocycles. The first-order valence-electron chi connectivity index (χ1n) is 7.72. The molecule has 1 heterocycles. The van der Waals surface area contributed by atoms with Gasteiger partial charge in [-0.2, -0.15) is 0 Å². The van der Waals surface area contributed by atoms with E-state index in [1.807, 2.05) is 18.2 Å². The number of amides is 2.